The summed E-state index contributed by atoms with van der Waals surface area (Å²) in [5, 5.41) is 9.49. The van der Waals surface area contributed by atoms with Crippen LogP contribution in [-0.4, -0.2) is 34.7 Å². The van der Waals surface area contributed by atoms with Gasteiger partial charge in [-0.05, 0) is 32.2 Å². The summed E-state index contributed by atoms with van der Waals surface area (Å²) in [6, 6.07) is 0. The van der Waals surface area contributed by atoms with Gasteiger partial charge in [0.05, 0.1) is 6.10 Å². The zero-order valence-electron chi connectivity index (χ0n) is 7.21. The fourth-order valence-electron chi connectivity index (χ4n) is 2.81. The fourth-order valence-corrected chi connectivity index (χ4v) is 2.81. The SMILES string of the molecule is CCC12CCCN1CC(O)C2. The molecule has 0 bridgehead atoms. The maximum Gasteiger partial charge on any atom is 0.0685 e. The first-order valence-electron chi connectivity index (χ1n) is 4.70. The largest absolute Gasteiger partial charge is 0.392 e. The minimum Gasteiger partial charge on any atom is -0.392 e. The Morgan fingerprint density at radius 2 is 2.45 bits per heavy atom. The number of hydrogen-bond donors (Lipinski definition) is 1. The molecule has 0 aromatic heterocycles. The van der Waals surface area contributed by atoms with Crippen LogP contribution in [0.15, 0.2) is 0 Å². The number of nitrogens with zero attached hydrogens (tertiary/aromatic N) is 1. The highest BCUT2D eigenvalue weighted by Crippen LogP contribution is 2.40. The first-order chi connectivity index (χ1) is 5.27. The van der Waals surface area contributed by atoms with Crippen LogP contribution in [0.3, 0.4) is 0 Å². The number of aliphatic hydroxyl groups is 1. The smallest absolute Gasteiger partial charge is 0.0685 e. The standard InChI is InChI=1S/C9H17NO/c1-2-9-4-3-5-10(9)7-8(11)6-9/h8,11H,2-7H2,1H3. The molecule has 64 valence electrons. The molecule has 0 aromatic carbocycles. The molecule has 0 radical (unpaired) electrons. The minimum atomic E-state index is -0.0461. The average Bonchev–Trinajstić information content (AvgIpc) is 2.43. The lowest BCUT2D eigenvalue weighted by Gasteiger charge is -2.30. The van der Waals surface area contributed by atoms with Crippen LogP contribution in [0.5, 0.6) is 0 Å². The first kappa shape index (κ1) is 7.56. The number of aliphatic hydroxyl groups excluding tert-OH is 1. The lowest BCUT2D eigenvalue weighted by atomic mass is 9.91. The molecule has 0 saturated carbocycles. The second-order valence-electron chi connectivity index (χ2n) is 3.99. The quantitative estimate of drug-likeness (QED) is 0.610. The zero-order valence-corrected chi connectivity index (χ0v) is 7.21. The number of hydrogen-bond acceptors (Lipinski definition) is 2. The molecule has 2 aliphatic rings. The van der Waals surface area contributed by atoms with Crippen molar-refractivity contribution in [1.29, 1.82) is 0 Å². The van der Waals surface area contributed by atoms with E-state index < -0.39 is 0 Å². The van der Waals surface area contributed by atoms with Gasteiger partial charge < -0.3 is 5.11 Å². The average molecular weight is 155 g/mol. The van der Waals surface area contributed by atoms with Crippen LogP contribution in [0.4, 0.5) is 0 Å². The third-order valence-corrected chi connectivity index (χ3v) is 3.45. The summed E-state index contributed by atoms with van der Waals surface area (Å²) in [6.07, 6.45) is 4.82. The van der Waals surface area contributed by atoms with E-state index in [2.05, 4.69) is 11.8 Å². The van der Waals surface area contributed by atoms with Crippen molar-refractivity contribution in [2.75, 3.05) is 13.1 Å². The van der Waals surface area contributed by atoms with Gasteiger partial charge in [0, 0.05) is 12.1 Å². The summed E-state index contributed by atoms with van der Waals surface area (Å²) in [4.78, 5) is 2.48. The maximum absolute atomic E-state index is 9.49. The molecule has 1 N–H and O–H groups in total. The van der Waals surface area contributed by atoms with Crippen molar-refractivity contribution in [2.45, 2.75) is 44.2 Å². The highest BCUT2D eigenvalue weighted by Gasteiger charge is 2.46. The summed E-state index contributed by atoms with van der Waals surface area (Å²) >= 11 is 0. The summed E-state index contributed by atoms with van der Waals surface area (Å²) in [6.45, 7) is 4.38. The van der Waals surface area contributed by atoms with Gasteiger partial charge in [0.1, 0.15) is 0 Å². The van der Waals surface area contributed by atoms with Crippen LogP contribution in [-0.2, 0) is 0 Å². The topological polar surface area (TPSA) is 23.5 Å². The molecule has 0 amide bonds. The Labute approximate surface area is 68.2 Å². The van der Waals surface area contributed by atoms with Crippen LogP contribution in [0.2, 0.25) is 0 Å². The van der Waals surface area contributed by atoms with Crippen LogP contribution >= 0.6 is 0 Å². The van der Waals surface area contributed by atoms with Crippen molar-refractivity contribution in [1.82, 2.24) is 4.90 Å². The van der Waals surface area contributed by atoms with Gasteiger partial charge in [-0.1, -0.05) is 6.92 Å². The zero-order chi connectivity index (χ0) is 7.90. The lowest BCUT2D eigenvalue weighted by Crippen LogP contribution is -2.37. The van der Waals surface area contributed by atoms with Gasteiger partial charge in [-0.2, -0.15) is 0 Å². The van der Waals surface area contributed by atoms with Gasteiger partial charge in [-0.3, -0.25) is 4.90 Å². The van der Waals surface area contributed by atoms with E-state index in [0.29, 0.717) is 5.54 Å². The molecule has 2 nitrogen and oxygen atoms in total. The van der Waals surface area contributed by atoms with E-state index in [4.69, 9.17) is 0 Å². The minimum absolute atomic E-state index is 0.0461. The Balaban J connectivity index is 2.15. The van der Waals surface area contributed by atoms with Gasteiger partial charge in [0.25, 0.3) is 0 Å². The Morgan fingerprint density at radius 3 is 3.09 bits per heavy atom. The van der Waals surface area contributed by atoms with E-state index in [1.807, 2.05) is 0 Å². The summed E-state index contributed by atoms with van der Waals surface area (Å²) in [5.74, 6) is 0. The van der Waals surface area contributed by atoms with E-state index in [1.165, 1.54) is 25.8 Å². The number of β-amino-alcohol motifs (C(OH)–C–C–N with tert-alkyl or cyclic N) is 1. The Kier molecular flexibility index (Phi) is 1.69. The second-order valence-corrected chi connectivity index (χ2v) is 3.99. The van der Waals surface area contributed by atoms with Crippen LogP contribution < -0.4 is 0 Å². The number of rotatable bonds is 1. The van der Waals surface area contributed by atoms with E-state index >= 15 is 0 Å². The van der Waals surface area contributed by atoms with E-state index in [1.54, 1.807) is 0 Å². The molecule has 2 rings (SSSR count). The summed E-state index contributed by atoms with van der Waals surface area (Å²) in [5.41, 5.74) is 0.402. The molecule has 11 heavy (non-hydrogen) atoms. The third kappa shape index (κ3) is 1.00. The molecule has 2 aliphatic heterocycles. The van der Waals surface area contributed by atoms with Crippen molar-refractivity contribution in [3.63, 3.8) is 0 Å². The van der Waals surface area contributed by atoms with Crippen LogP contribution in [0.25, 0.3) is 0 Å². The molecule has 2 saturated heterocycles. The van der Waals surface area contributed by atoms with E-state index in [-0.39, 0.29) is 6.10 Å². The second kappa shape index (κ2) is 2.46. The van der Waals surface area contributed by atoms with Crippen LogP contribution in [0, 0.1) is 0 Å². The predicted octanol–water partition coefficient (Wildman–Crippen LogP) is 0.996. The van der Waals surface area contributed by atoms with Crippen LogP contribution in [0.1, 0.15) is 32.6 Å². The maximum atomic E-state index is 9.49. The van der Waals surface area contributed by atoms with E-state index in [9.17, 15) is 5.11 Å². The number of fused-ring (bicyclic) bond motifs is 1. The third-order valence-electron chi connectivity index (χ3n) is 3.45. The lowest BCUT2D eigenvalue weighted by molar-refractivity contribution is 0.177. The molecule has 0 aromatic rings. The van der Waals surface area contributed by atoms with Crippen molar-refractivity contribution < 1.29 is 5.11 Å². The van der Waals surface area contributed by atoms with Gasteiger partial charge in [-0.25, -0.2) is 0 Å². The predicted molar refractivity (Wildman–Crippen MR) is 44.5 cm³/mol. The summed E-state index contributed by atoms with van der Waals surface area (Å²) < 4.78 is 0. The molecule has 2 heterocycles. The monoisotopic (exact) mass is 155 g/mol. The highest BCUT2D eigenvalue weighted by molar-refractivity contribution is 5.02. The molecule has 2 unspecified atom stereocenters. The van der Waals surface area contributed by atoms with Crippen molar-refractivity contribution in [2.24, 2.45) is 0 Å². The van der Waals surface area contributed by atoms with Gasteiger partial charge in [-0.15, -0.1) is 0 Å². The molecular weight excluding hydrogens is 138 g/mol. The van der Waals surface area contributed by atoms with Crippen molar-refractivity contribution in [3.05, 3.63) is 0 Å². The van der Waals surface area contributed by atoms with Crippen molar-refractivity contribution >= 4 is 0 Å². The van der Waals surface area contributed by atoms with E-state index in [0.717, 1.165) is 13.0 Å². The normalized spacial score (nSPS) is 44.7. The van der Waals surface area contributed by atoms with Gasteiger partial charge in [0.2, 0.25) is 0 Å². The van der Waals surface area contributed by atoms with Gasteiger partial charge >= 0.3 is 0 Å². The Hall–Kier alpha value is -0.0800. The highest BCUT2D eigenvalue weighted by atomic mass is 16.3. The molecule has 0 spiro atoms. The molecule has 0 aliphatic carbocycles. The first-order valence-corrected chi connectivity index (χ1v) is 4.70. The Morgan fingerprint density at radius 1 is 1.64 bits per heavy atom. The molecule has 2 fully saturated rings. The summed E-state index contributed by atoms with van der Waals surface area (Å²) in [7, 11) is 0. The molecule has 2 heteroatoms. The Bertz CT molecular complexity index is 160. The van der Waals surface area contributed by atoms with Crippen molar-refractivity contribution in [3.8, 4) is 0 Å². The molecule has 2 atom stereocenters. The van der Waals surface area contributed by atoms with Gasteiger partial charge in [0.15, 0.2) is 0 Å². The molecular formula is C9H17NO. The fraction of sp³-hybridized carbons (Fsp3) is 1.00.